The molecular weight excluding hydrogens is 160 g/mol. The van der Waals surface area contributed by atoms with Gasteiger partial charge in [0.15, 0.2) is 0 Å². The summed E-state index contributed by atoms with van der Waals surface area (Å²) in [6.45, 7) is 0. The molecule has 1 aliphatic carbocycles. The van der Waals surface area contributed by atoms with Gasteiger partial charge in [0.05, 0.1) is 0 Å². The SMILES string of the molecule is SC1CCCCCCC1S. The van der Waals surface area contributed by atoms with E-state index in [2.05, 4.69) is 25.3 Å². The first-order valence-corrected chi connectivity index (χ1v) is 5.20. The van der Waals surface area contributed by atoms with E-state index < -0.39 is 0 Å². The smallest absolute Gasteiger partial charge is 0.0133 e. The van der Waals surface area contributed by atoms with Crippen LogP contribution in [0.5, 0.6) is 0 Å². The van der Waals surface area contributed by atoms with Crippen LogP contribution in [0.1, 0.15) is 38.5 Å². The van der Waals surface area contributed by atoms with Crippen molar-refractivity contribution < 1.29 is 0 Å². The summed E-state index contributed by atoms with van der Waals surface area (Å²) in [5, 5.41) is 1.09. The highest BCUT2D eigenvalue weighted by Gasteiger charge is 2.15. The Morgan fingerprint density at radius 2 is 1.10 bits per heavy atom. The molecule has 1 saturated carbocycles. The van der Waals surface area contributed by atoms with E-state index in [9.17, 15) is 0 Å². The van der Waals surface area contributed by atoms with Crippen molar-refractivity contribution in [1.29, 1.82) is 0 Å². The van der Waals surface area contributed by atoms with Crippen LogP contribution in [0.3, 0.4) is 0 Å². The Hall–Kier alpha value is 0.700. The fraction of sp³-hybridized carbons (Fsp3) is 1.00. The minimum absolute atomic E-state index is 0.545. The third kappa shape index (κ3) is 2.75. The van der Waals surface area contributed by atoms with Gasteiger partial charge in [0, 0.05) is 10.5 Å². The fourth-order valence-corrected chi connectivity index (χ4v) is 2.11. The summed E-state index contributed by atoms with van der Waals surface area (Å²) < 4.78 is 0. The van der Waals surface area contributed by atoms with Crippen molar-refractivity contribution in [3.63, 3.8) is 0 Å². The molecule has 60 valence electrons. The summed E-state index contributed by atoms with van der Waals surface area (Å²) in [5.74, 6) is 0. The maximum atomic E-state index is 4.50. The lowest BCUT2D eigenvalue weighted by Crippen LogP contribution is -2.16. The molecule has 0 saturated heterocycles. The predicted molar refractivity (Wildman–Crippen MR) is 53.3 cm³/mol. The summed E-state index contributed by atoms with van der Waals surface area (Å²) in [5.41, 5.74) is 0. The summed E-state index contributed by atoms with van der Waals surface area (Å²) in [6.07, 6.45) is 8.03. The molecule has 1 fully saturated rings. The van der Waals surface area contributed by atoms with Crippen molar-refractivity contribution in [2.45, 2.75) is 49.0 Å². The molecule has 0 nitrogen and oxygen atoms in total. The Kier molecular flexibility index (Phi) is 4.00. The summed E-state index contributed by atoms with van der Waals surface area (Å²) in [7, 11) is 0. The Labute approximate surface area is 74.6 Å². The van der Waals surface area contributed by atoms with Crippen LogP contribution in [0.4, 0.5) is 0 Å². The van der Waals surface area contributed by atoms with Crippen molar-refractivity contribution in [1.82, 2.24) is 0 Å². The van der Waals surface area contributed by atoms with E-state index in [1.54, 1.807) is 0 Å². The molecule has 10 heavy (non-hydrogen) atoms. The third-order valence-corrected chi connectivity index (χ3v) is 3.67. The van der Waals surface area contributed by atoms with Crippen molar-refractivity contribution in [2.24, 2.45) is 0 Å². The van der Waals surface area contributed by atoms with Gasteiger partial charge < -0.3 is 0 Å². The van der Waals surface area contributed by atoms with Gasteiger partial charge in [-0.1, -0.05) is 25.7 Å². The van der Waals surface area contributed by atoms with E-state index in [1.165, 1.54) is 38.5 Å². The first kappa shape index (κ1) is 8.79. The van der Waals surface area contributed by atoms with Gasteiger partial charge in [-0.25, -0.2) is 0 Å². The van der Waals surface area contributed by atoms with E-state index in [0.717, 1.165) is 0 Å². The Morgan fingerprint density at radius 3 is 1.50 bits per heavy atom. The van der Waals surface area contributed by atoms with Crippen LogP contribution in [0.2, 0.25) is 0 Å². The standard InChI is InChI=1S/C8H16S2/c9-7-5-3-1-2-4-6-8(7)10/h7-10H,1-6H2. The summed E-state index contributed by atoms with van der Waals surface area (Å²) in [4.78, 5) is 0. The average molecular weight is 176 g/mol. The van der Waals surface area contributed by atoms with E-state index >= 15 is 0 Å². The quantitative estimate of drug-likeness (QED) is 0.521. The molecular formula is C8H16S2. The second-order valence-electron chi connectivity index (χ2n) is 3.13. The summed E-state index contributed by atoms with van der Waals surface area (Å²) in [6, 6.07) is 0. The molecule has 1 rings (SSSR count). The Balaban J connectivity index is 2.28. The average Bonchev–Trinajstić information content (AvgIpc) is 1.92. The van der Waals surface area contributed by atoms with Gasteiger partial charge in [0.1, 0.15) is 0 Å². The van der Waals surface area contributed by atoms with Gasteiger partial charge in [0.25, 0.3) is 0 Å². The molecule has 2 atom stereocenters. The van der Waals surface area contributed by atoms with Gasteiger partial charge in [0.2, 0.25) is 0 Å². The maximum Gasteiger partial charge on any atom is 0.0133 e. The van der Waals surface area contributed by atoms with E-state index in [1.807, 2.05) is 0 Å². The fourth-order valence-electron chi connectivity index (χ4n) is 1.45. The topological polar surface area (TPSA) is 0 Å². The second kappa shape index (κ2) is 4.55. The highest BCUT2D eigenvalue weighted by molar-refractivity contribution is 7.85. The van der Waals surface area contributed by atoms with Crippen molar-refractivity contribution in [3.05, 3.63) is 0 Å². The number of rotatable bonds is 0. The zero-order valence-electron chi connectivity index (χ0n) is 6.29. The van der Waals surface area contributed by atoms with Crippen LogP contribution in [-0.4, -0.2) is 10.5 Å². The monoisotopic (exact) mass is 176 g/mol. The molecule has 0 amide bonds. The van der Waals surface area contributed by atoms with Crippen LogP contribution < -0.4 is 0 Å². The van der Waals surface area contributed by atoms with Crippen molar-refractivity contribution in [2.75, 3.05) is 0 Å². The molecule has 0 aromatic carbocycles. The van der Waals surface area contributed by atoms with Crippen molar-refractivity contribution in [3.8, 4) is 0 Å². The highest BCUT2D eigenvalue weighted by atomic mass is 32.1. The molecule has 0 N–H and O–H groups in total. The molecule has 2 heteroatoms. The van der Waals surface area contributed by atoms with Gasteiger partial charge in [-0.05, 0) is 12.8 Å². The minimum Gasteiger partial charge on any atom is -0.175 e. The number of hydrogen-bond donors (Lipinski definition) is 2. The Bertz CT molecular complexity index is 81.3. The largest absolute Gasteiger partial charge is 0.175 e. The highest BCUT2D eigenvalue weighted by Crippen LogP contribution is 2.24. The first-order valence-electron chi connectivity index (χ1n) is 4.17. The molecule has 2 unspecified atom stereocenters. The summed E-state index contributed by atoms with van der Waals surface area (Å²) >= 11 is 8.99. The lowest BCUT2D eigenvalue weighted by Gasteiger charge is -2.20. The molecule has 1 aliphatic rings. The molecule has 0 spiro atoms. The van der Waals surface area contributed by atoms with Crippen LogP contribution in [0.25, 0.3) is 0 Å². The minimum atomic E-state index is 0.545. The maximum absolute atomic E-state index is 4.50. The van der Waals surface area contributed by atoms with Crippen LogP contribution in [0.15, 0.2) is 0 Å². The molecule has 0 radical (unpaired) electrons. The van der Waals surface area contributed by atoms with Gasteiger partial charge in [-0.15, -0.1) is 0 Å². The van der Waals surface area contributed by atoms with Gasteiger partial charge in [-0.3, -0.25) is 0 Å². The van der Waals surface area contributed by atoms with E-state index in [0.29, 0.717) is 10.5 Å². The Morgan fingerprint density at radius 1 is 0.700 bits per heavy atom. The van der Waals surface area contributed by atoms with Crippen LogP contribution >= 0.6 is 25.3 Å². The number of thiol groups is 2. The van der Waals surface area contributed by atoms with E-state index in [4.69, 9.17) is 0 Å². The number of hydrogen-bond acceptors (Lipinski definition) is 2. The normalized spacial score (nSPS) is 36.6. The molecule has 0 aliphatic heterocycles. The zero-order chi connectivity index (χ0) is 7.40. The third-order valence-electron chi connectivity index (χ3n) is 2.19. The molecule has 0 aromatic heterocycles. The van der Waals surface area contributed by atoms with Crippen molar-refractivity contribution >= 4 is 25.3 Å². The zero-order valence-corrected chi connectivity index (χ0v) is 8.08. The van der Waals surface area contributed by atoms with Crippen LogP contribution in [-0.2, 0) is 0 Å². The van der Waals surface area contributed by atoms with Crippen LogP contribution in [0, 0.1) is 0 Å². The van der Waals surface area contributed by atoms with Gasteiger partial charge >= 0.3 is 0 Å². The predicted octanol–water partition coefficient (Wildman–Crippen LogP) is 2.94. The molecule has 0 aromatic rings. The lowest BCUT2D eigenvalue weighted by molar-refractivity contribution is 0.524. The van der Waals surface area contributed by atoms with E-state index in [-0.39, 0.29) is 0 Å². The lowest BCUT2D eigenvalue weighted by atomic mass is 10.0. The first-order chi connectivity index (χ1) is 4.80. The molecule has 0 heterocycles. The van der Waals surface area contributed by atoms with Gasteiger partial charge in [-0.2, -0.15) is 25.3 Å². The second-order valence-corrected chi connectivity index (χ2v) is 4.45. The molecule has 0 bridgehead atoms.